The summed E-state index contributed by atoms with van der Waals surface area (Å²) in [4.78, 5) is 11.9. The van der Waals surface area contributed by atoms with Gasteiger partial charge in [-0.05, 0) is 38.0 Å². The molecule has 0 heterocycles. The van der Waals surface area contributed by atoms with Gasteiger partial charge in [0, 0.05) is 6.04 Å². The maximum Gasteiger partial charge on any atom is 0.327 e. The third kappa shape index (κ3) is 4.11. The Bertz CT molecular complexity index is 378. The highest BCUT2D eigenvalue weighted by molar-refractivity contribution is 5.77. The molecule has 1 rings (SSSR count). The third-order valence-corrected chi connectivity index (χ3v) is 2.79. The first-order valence-electron chi connectivity index (χ1n) is 6.26. The molecule has 0 bridgehead atoms. The molecule has 1 N–H and O–H groups in total. The topological polar surface area (TPSA) is 38.3 Å². The largest absolute Gasteiger partial charge is 0.465 e. The average Bonchev–Trinajstić information content (AvgIpc) is 2.37. The van der Waals surface area contributed by atoms with Crippen LogP contribution in [0.2, 0.25) is 0 Å². The van der Waals surface area contributed by atoms with Gasteiger partial charge in [0.05, 0.1) is 6.61 Å². The number of hydrogen-bond donors (Lipinski definition) is 1. The normalized spacial score (nSPS) is 14.0. The molecule has 3 nitrogen and oxygen atoms in total. The fourth-order valence-electron chi connectivity index (χ4n) is 1.58. The number of carbonyl (C=O) groups is 1. The standard InChI is InChI=1S/C14H20FNO2/c1-4-10(3)16-13(14(17)18-5-2)11-6-8-12(15)9-7-11/h6-10,13,16H,4-5H2,1-3H3. The van der Waals surface area contributed by atoms with Crippen molar-refractivity contribution in [1.29, 1.82) is 0 Å². The number of esters is 1. The van der Waals surface area contributed by atoms with Crippen LogP contribution in [0.25, 0.3) is 0 Å². The summed E-state index contributed by atoms with van der Waals surface area (Å²) in [6.07, 6.45) is 0.900. The van der Waals surface area contributed by atoms with Crippen molar-refractivity contribution in [2.75, 3.05) is 6.61 Å². The number of hydrogen-bond acceptors (Lipinski definition) is 3. The van der Waals surface area contributed by atoms with E-state index in [0.29, 0.717) is 6.61 Å². The summed E-state index contributed by atoms with van der Waals surface area (Å²) in [5, 5.41) is 3.19. The van der Waals surface area contributed by atoms with Crippen LogP contribution >= 0.6 is 0 Å². The quantitative estimate of drug-likeness (QED) is 0.792. The zero-order valence-corrected chi connectivity index (χ0v) is 11.1. The molecule has 0 saturated carbocycles. The highest BCUT2D eigenvalue weighted by atomic mass is 19.1. The lowest BCUT2D eigenvalue weighted by molar-refractivity contribution is -0.146. The fourth-order valence-corrected chi connectivity index (χ4v) is 1.58. The van der Waals surface area contributed by atoms with Gasteiger partial charge in [-0.25, -0.2) is 9.18 Å². The molecular weight excluding hydrogens is 233 g/mol. The molecule has 0 saturated heterocycles. The second kappa shape index (κ2) is 7.11. The summed E-state index contributed by atoms with van der Waals surface area (Å²) in [7, 11) is 0. The Morgan fingerprint density at radius 3 is 2.44 bits per heavy atom. The van der Waals surface area contributed by atoms with Gasteiger partial charge >= 0.3 is 5.97 Å². The van der Waals surface area contributed by atoms with Crippen LogP contribution in [0.3, 0.4) is 0 Å². The Labute approximate surface area is 107 Å². The van der Waals surface area contributed by atoms with Crippen molar-refractivity contribution >= 4 is 5.97 Å². The molecule has 0 aliphatic heterocycles. The Morgan fingerprint density at radius 1 is 1.33 bits per heavy atom. The summed E-state index contributed by atoms with van der Waals surface area (Å²) in [5.74, 6) is -0.644. The second-order valence-corrected chi connectivity index (χ2v) is 4.21. The Balaban J connectivity index is 2.88. The molecule has 0 aliphatic rings. The van der Waals surface area contributed by atoms with E-state index in [4.69, 9.17) is 4.74 Å². The lowest BCUT2D eigenvalue weighted by Gasteiger charge is -2.21. The predicted molar refractivity (Wildman–Crippen MR) is 68.7 cm³/mol. The van der Waals surface area contributed by atoms with Crippen LogP contribution < -0.4 is 5.32 Å². The van der Waals surface area contributed by atoms with Crippen molar-refractivity contribution in [3.8, 4) is 0 Å². The van der Waals surface area contributed by atoms with Crippen molar-refractivity contribution in [2.24, 2.45) is 0 Å². The predicted octanol–water partition coefficient (Wildman–Crippen LogP) is 2.82. The van der Waals surface area contributed by atoms with Gasteiger partial charge < -0.3 is 4.74 Å². The van der Waals surface area contributed by atoms with E-state index in [0.717, 1.165) is 12.0 Å². The van der Waals surface area contributed by atoms with E-state index in [9.17, 15) is 9.18 Å². The van der Waals surface area contributed by atoms with E-state index in [1.54, 1.807) is 19.1 Å². The van der Waals surface area contributed by atoms with Crippen molar-refractivity contribution < 1.29 is 13.9 Å². The smallest absolute Gasteiger partial charge is 0.327 e. The van der Waals surface area contributed by atoms with E-state index >= 15 is 0 Å². The number of benzene rings is 1. The fraction of sp³-hybridized carbons (Fsp3) is 0.500. The summed E-state index contributed by atoms with van der Waals surface area (Å²) in [5.41, 5.74) is 0.718. The molecule has 0 fully saturated rings. The first-order chi connectivity index (χ1) is 8.58. The van der Waals surface area contributed by atoms with Gasteiger partial charge in [0.15, 0.2) is 0 Å². The molecule has 100 valence electrons. The molecule has 0 aromatic heterocycles. The maximum absolute atomic E-state index is 12.9. The van der Waals surface area contributed by atoms with Crippen molar-refractivity contribution in [3.05, 3.63) is 35.6 Å². The van der Waals surface area contributed by atoms with Crippen LogP contribution in [-0.4, -0.2) is 18.6 Å². The SMILES string of the molecule is CCOC(=O)C(NC(C)CC)c1ccc(F)cc1. The molecule has 0 spiro atoms. The molecule has 0 radical (unpaired) electrons. The number of nitrogens with one attached hydrogen (secondary N) is 1. The Kier molecular flexibility index (Phi) is 5.78. The van der Waals surface area contributed by atoms with Crippen molar-refractivity contribution in [1.82, 2.24) is 5.32 Å². The van der Waals surface area contributed by atoms with Crippen LogP contribution in [-0.2, 0) is 9.53 Å². The molecule has 0 amide bonds. The highest BCUT2D eigenvalue weighted by Gasteiger charge is 2.23. The van der Waals surface area contributed by atoms with Crippen LogP contribution in [0, 0.1) is 5.82 Å². The zero-order valence-electron chi connectivity index (χ0n) is 11.1. The summed E-state index contributed by atoms with van der Waals surface area (Å²) < 4.78 is 17.9. The average molecular weight is 253 g/mol. The minimum atomic E-state index is -0.541. The monoisotopic (exact) mass is 253 g/mol. The van der Waals surface area contributed by atoms with E-state index in [1.807, 2.05) is 13.8 Å². The van der Waals surface area contributed by atoms with Gasteiger partial charge in [-0.2, -0.15) is 0 Å². The molecule has 18 heavy (non-hydrogen) atoms. The van der Waals surface area contributed by atoms with Gasteiger partial charge in [-0.15, -0.1) is 0 Å². The molecule has 1 aromatic rings. The minimum Gasteiger partial charge on any atom is -0.465 e. The van der Waals surface area contributed by atoms with Gasteiger partial charge in [0.25, 0.3) is 0 Å². The number of halogens is 1. The molecule has 4 heteroatoms. The van der Waals surface area contributed by atoms with Crippen molar-refractivity contribution in [3.63, 3.8) is 0 Å². The van der Waals surface area contributed by atoms with Gasteiger partial charge in [0.1, 0.15) is 11.9 Å². The lowest BCUT2D eigenvalue weighted by Crippen LogP contribution is -2.36. The first kappa shape index (κ1) is 14.6. The van der Waals surface area contributed by atoms with Crippen LogP contribution in [0.15, 0.2) is 24.3 Å². The summed E-state index contributed by atoms with van der Waals surface area (Å²) in [6, 6.07) is 5.54. The van der Waals surface area contributed by atoms with E-state index < -0.39 is 6.04 Å². The van der Waals surface area contributed by atoms with Gasteiger partial charge in [-0.1, -0.05) is 19.1 Å². The number of carbonyl (C=O) groups excluding carboxylic acids is 1. The van der Waals surface area contributed by atoms with Crippen LogP contribution in [0.4, 0.5) is 4.39 Å². The van der Waals surface area contributed by atoms with E-state index in [-0.39, 0.29) is 17.8 Å². The van der Waals surface area contributed by atoms with Gasteiger partial charge in [-0.3, -0.25) is 5.32 Å². The lowest BCUT2D eigenvalue weighted by atomic mass is 10.1. The summed E-state index contributed by atoms with van der Waals surface area (Å²) in [6.45, 7) is 6.13. The summed E-state index contributed by atoms with van der Waals surface area (Å²) >= 11 is 0. The number of ether oxygens (including phenoxy) is 1. The minimum absolute atomic E-state index is 0.185. The van der Waals surface area contributed by atoms with Crippen molar-refractivity contribution in [2.45, 2.75) is 39.3 Å². The molecule has 2 atom stereocenters. The number of rotatable bonds is 6. The van der Waals surface area contributed by atoms with E-state index in [2.05, 4.69) is 5.32 Å². The Hall–Kier alpha value is -1.42. The van der Waals surface area contributed by atoms with E-state index in [1.165, 1.54) is 12.1 Å². The first-order valence-corrected chi connectivity index (χ1v) is 6.26. The maximum atomic E-state index is 12.9. The van der Waals surface area contributed by atoms with Crippen LogP contribution in [0.5, 0.6) is 0 Å². The molecule has 2 unspecified atom stereocenters. The second-order valence-electron chi connectivity index (χ2n) is 4.21. The highest BCUT2D eigenvalue weighted by Crippen LogP contribution is 2.16. The Morgan fingerprint density at radius 2 is 1.94 bits per heavy atom. The molecule has 1 aromatic carbocycles. The molecular formula is C14H20FNO2. The third-order valence-electron chi connectivity index (χ3n) is 2.79. The molecule has 0 aliphatic carbocycles. The van der Waals surface area contributed by atoms with Crippen LogP contribution in [0.1, 0.15) is 38.8 Å². The zero-order chi connectivity index (χ0) is 13.5. The van der Waals surface area contributed by atoms with Gasteiger partial charge in [0.2, 0.25) is 0 Å².